The smallest absolute Gasteiger partial charge is 0.329 e. The number of aliphatic carboxylic acids is 1. The largest absolute Gasteiger partial charge is 0.508 e. The van der Waals surface area contributed by atoms with E-state index in [4.69, 9.17) is 0 Å². The number of benzene rings is 1. The third kappa shape index (κ3) is 2.13. The van der Waals surface area contributed by atoms with Gasteiger partial charge in [0.15, 0.2) is 0 Å². The molecule has 0 radical (unpaired) electrons. The Bertz CT molecular complexity index is 555. The van der Waals surface area contributed by atoms with Gasteiger partial charge in [-0.2, -0.15) is 0 Å². The standard InChI is InChI=1S/C15H19NO4/c1-3-15(14(19)20)7-4-8-16(15)13(18)11-5-6-12(17)10(2)9-11/h5-6,9,17H,3-4,7-8H2,1-2H3,(H,19,20). The molecule has 1 amide bonds. The van der Waals surface area contributed by atoms with Gasteiger partial charge in [0.2, 0.25) is 0 Å². The Morgan fingerprint density at radius 1 is 1.40 bits per heavy atom. The molecule has 0 bridgehead atoms. The number of rotatable bonds is 3. The molecule has 0 saturated carbocycles. The average molecular weight is 277 g/mol. The molecular formula is C15H19NO4. The maximum atomic E-state index is 12.6. The Morgan fingerprint density at radius 2 is 2.10 bits per heavy atom. The van der Waals surface area contributed by atoms with Crippen LogP contribution in [0.5, 0.6) is 5.75 Å². The predicted octanol–water partition coefficient (Wildman–Crippen LogP) is 2.17. The highest BCUT2D eigenvalue weighted by atomic mass is 16.4. The number of nitrogens with zero attached hydrogens (tertiary/aromatic N) is 1. The zero-order valence-electron chi connectivity index (χ0n) is 11.7. The Kier molecular flexibility index (Phi) is 3.70. The van der Waals surface area contributed by atoms with Crippen LogP contribution in [0.3, 0.4) is 0 Å². The van der Waals surface area contributed by atoms with Crippen LogP contribution in [0, 0.1) is 6.92 Å². The molecule has 0 aromatic heterocycles. The van der Waals surface area contributed by atoms with Crippen LogP contribution in [0.4, 0.5) is 0 Å². The lowest BCUT2D eigenvalue weighted by atomic mass is 9.92. The highest BCUT2D eigenvalue weighted by Gasteiger charge is 2.48. The molecule has 20 heavy (non-hydrogen) atoms. The van der Waals surface area contributed by atoms with Gasteiger partial charge < -0.3 is 15.1 Å². The summed E-state index contributed by atoms with van der Waals surface area (Å²) >= 11 is 0. The number of phenols is 1. The number of carboxylic acid groups (broad SMARTS) is 1. The van der Waals surface area contributed by atoms with Crippen molar-refractivity contribution in [2.45, 2.75) is 38.6 Å². The highest BCUT2D eigenvalue weighted by Crippen LogP contribution is 2.34. The summed E-state index contributed by atoms with van der Waals surface area (Å²) in [5, 5.41) is 19.0. The normalized spacial score (nSPS) is 22.0. The zero-order valence-corrected chi connectivity index (χ0v) is 11.7. The van der Waals surface area contributed by atoms with E-state index in [0.29, 0.717) is 36.9 Å². The van der Waals surface area contributed by atoms with E-state index in [2.05, 4.69) is 0 Å². The summed E-state index contributed by atoms with van der Waals surface area (Å²) in [6.07, 6.45) is 1.58. The van der Waals surface area contributed by atoms with E-state index in [1.807, 2.05) is 0 Å². The quantitative estimate of drug-likeness (QED) is 0.887. The molecule has 108 valence electrons. The number of carboxylic acids is 1. The van der Waals surface area contributed by atoms with Crippen LogP contribution < -0.4 is 0 Å². The number of carbonyl (C=O) groups is 2. The molecule has 5 heteroatoms. The van der Waals surface area contributed by atoms with Crippen molar-refractivity contribution in [1.29, 1.82) is 0 Å². The molecule has 1 aliphatic rings. The Labute approximate surface area is 117 Å². The fourth-order valence-electron chi connectivity index (χ4n) is 2.86. The highest BCUT2D eigenvalue weighted by molar-refractivity contribution is 5.98. The topological polar surface area (TPSA) is 77.8 Å². The molecule has 1 aliphatic heterocycles. The monoisotopic (exact) mass is 277 g/mol. The minimum atomic E-state index is -1.09. The molecule has 1 atom stereocenters. The van der Waals surface area contributed by atoms with Gasteiger partial charge in [0.1, 0.15) is 11.3 Å². The molecule has 5 nitrogen and oxygen atoms in total. The van der Waals surface area contributed by atoms with Gasteiger partial charge in [-0.1, -0.05) is 6.92 Å². The number of aromatic hydroxyl groups is 1. The van der Waals surface area contributed by atoms with E-state index < -0.39 is 11.5 Å². The molecule has 1 saturated heterocycles. The summed E-state index contributed by atoms with van der Waals surface area (Å²) in [6, 6.07) is 4.59. The van der Waals surface area contributed by atoms with Crippen LogP contribution in [0.15, 0.2) is 18.2 Å². The molecule has 0 spiro atoms. The van der Waals surface area contributed by atoms with Crippen LogP contribution in [-0.4, -0.2) is 39.1 Å². The van der Waals surface area contributed by atoms with Gasteiger partial charge in [-0.25, -0.2) is 4.79 Å². The third-order valence-electron chi connectivity index (χ3n) is 4.16. The summed E-state index contributed by atoms with van der Waals surface area (Å²) in [4.78, 5) is 25.6. The van der Waals surface area contributed by atoms with Crippen LogP contribution in [-0.2, 0) is 4.79 Å². The van der Waals surface area contributed by atoms with Crippen molar-refractivity contribution in [2.75, 3.05) is 6.54 Å². The molecule has 1 heterocycles. The van der Waals surface area contributed by atoms with Gasteiger partial charge >= 0.3 is 5.97 Å². The summed E-state index contributed by atoms with van der Waals surface area (Å²) in [5.41, 5.74) is -0.0724. The van der Waals surface area contributed by atoms with E-state index in [1.54, 1.807) is 19.9 Å². The summed E-state index contributed by atoms with van der Waals surface area (Å²) < 4.78 is 0. The van der Waals surface area contributed by atoms with Gasteiger partial charge in [-0.3, -0.25) is 4.79 Å². The lowest BCUT2D eigenvalue weighted by molar-refractivity contribution is -0.148. The number of aryl methyl sites for hydroxylation is 1. The number of amides is 1. The maximum Gasteiger partial charge on any atom is 0.329 e. The predicted molar refractivity (Wildman–Crippen MR) is 73.8 cm³/mol. The Balaban J connectivity index is 2.36. The van der Waals surface area contributed by atoms with E-state index in [-0.39, 0.29) is 11.7 Å². The fraction of sp³-hybridized carbons (Fsp3) is 0.467. The molecule has 1 aromatic rings. The van der Waals surface area contributed by atoms with Crippen molar-refractivity contribution in [3.8, 4) is 5.75 Å². The second kappa shape index (κ2) is 5.15. The van der Waals surface area contributed by atoms with Gasteiger partial charge in [0.05, 0.1) is 0 Å². The van der Waals surface area contributed by atoms with Crippen molar-refractivity contribution in [3.05, 3.63) is 29.3 Å². The number of hydrogen-bond acceptors (Lipinski definition) is 3. The van der Waals surface area contributed by atoms with Gasteiger partial charge in [-0.05, 0) is 49.9 Å². The molecular weight excluding hydrogens is 258 g/mol. The zero-order chi connectivity index (χ0) is 14.9. The Hall–Kier alpha value is -2.04. The first kappa shape index (κ1) is 14.4. The minimum absolute atomic E-state index is 0.128. The SMILES string of the molecule is CCC1(C(=O)O)CCCN1C(=O)c1ccc(O)c(C)c1. The summed E-state index contributed by atoms with van der Waals surface area (Å²) in [5.74, 6) is -1.10. The number of phenolic OH excluding ortho intramolecular Hbond substituents is 1. The third-order valence-corrected chi connectivity index (χ3v) is 4.16. The lowest BCUT2D eigenvalue weighted by Crippen LogP contribution is -2.52. The molecule has 0 aliphatic carbocycles. The van der Waals surface area contributed by atoms with Gasteiger partial charge in [0, 0.05) is 12.1 Å². The van der Waals surface area contributed by atoms with Gasteiger partial charge in [0.25, 0.3) is 5.91 Å². The second-order valence-corrected chi connectivity index (χ2v) is 5.25. The second-order valence-electron chi connectivity index (χ2n) is 5.25. The molecule has 2 rings (SSSR count). The molecule has 1 fully saturated rings. The van der Waals surface area contributed by atoms with Crippen molar-refractivity contribution in [3.63, 3.8) is 0 Å². The number of carbonyl (C=O) groups excluding carboxylic acids is 1. The van der Waals surface area contributed by atoms with Crippen LogP contribution in [0.2, 0.25) is 0 Å². The summed E-state index contributed by atoms with van der Waals surface area (Å²) in [6.45, 7) is 3.96. The van der Waals surface area contributed by atoms with Crippen molar-refractivity contribution in [2.24, 2.45) is 0 Å². The first-order valence-electron chi connectivity index (χ1n) is 6.77. The van der Waals surface area contributed by atoms with Crippen LogP contribution in [0.25, 0.3) is 0 Å². The first-order chi connectivity index (χ1) is 9.42. The van der Waals surface area contributed by atoms with Crippen LogP contribution >= 0.6 is 0 Å². The molecule has 2 N–H and O–H groups in total. The van der Waals surface area contributed by atoms with E-state index in [9.17, 15) is 19.8 Å². The minimum Gasteiger partial charge on any atom is -0.508 e. The molecule has 1 unspecified atom stereocenters. The lowest BCUT2D eigenvalue weighted by Gasteiger charge is -2.34. The first-order valence-corrected chi connectivity index (χ1v) is 6.77. The van der Waals surface area contributed by atoms with E-state index in [0.717, 1.165) is 0 Å². The average Bonchev–Trinajstić information content (AvgIpc) is 2.86. The molecule has 1 aromatic carbocycles. The van der Waals surface area contributed by atoms with E-state index >= 15 is 0 Å². The number of hydrogen-bond donors (Lipinski definition) is 2. The van der Waals surface area contributed by atoms with Crippen molar-refractivity contribution in [1.82, 2.24) is 4.90 Å². The van der Waals surface area contributed by atoms with Crippen molar-refractivity contribution >= 4 is 11.9 Å². The van der Waals surface area contributed by atoms with Gasteiger partial charge in [-0.15, -0.1) is 0 Å². The maximum absolute atomic E-state index is 12.6. The number of likely N-dealkylation sites (tertiary alicyclic amines) is 1. The fourth-order valence-corrected chi connectivity index (χ4v) is 2.86. The Morgan fingerprint density at radius 3 is 2.65 bits per heavy atom. The van der Waals surface area contributed by atoms with Crippen molar-refractivity contribution < 1.29 is 19.8 Å². The summed E-state index contributed by atoms with van der Waals surface area (Å²) in [7, 11) is 0. The van der Waals surface area contributed by atoms with E-state index in [1.165, 1.54) is 17.0 Å². The van der Waals surface area contributed by atoms with Crippen LogP contribution in [0.1, 0.15) is 42.1 Å².